The molecule has 0 spiro atoms. The van der Waals surface area contributed by atoms with Gasteiger partial charge in [-0.25, -0.2) is 0 Å². The van der Waals surface area contributed by atoms with Crippen molar-refractivity contribution >= 4 is 11.6 Å². The maximum atomic E-state index is 12.0. The van der Waals surface area contributed by atoms with Crippen LogP contribution >= 0.6 is 0 Å². The molecule has 1 aliphatic rings. The van der Waals surface area contributed by atoms with Crippen molar-refractivity contribution in [2.45, 2.75) is 39.5 Å². The molecule has 0 radical (unpaired) electrons. The van der Waals surface area contributed by atoms with Crippen molar-refractivity contribution in [3.63, 3.8) is 0 Å². The maximum absolute atomic E-state index is 12.0. The first-order valence-corrected chi connectivity index (χ1v) is 7.60. The Kier molecular flexibility index (Phi) is 5.60. The summed E-state index contributed by atoms with van der Waals surface area (Å²) in [6, 6.07) is 8.20. The van der Waals surface area contributed by atoms with Crippen molar-refractivity contribution in [3.05, 3.63) is 29.8 Å². The van der Waals surface area contributed by atoms with Crippen molar-refractivity contribution in [1.29, 1.82) is 0 Å². The molecule has 1 aromatic carbocycles. The fourth-order valence-corrected chi connectivity index (χ4v) is 2.62. The van der Waals surface area contributed by atoms with Gasteiger partial charge in [-0.2, -0.15) is 0 Å². The van der Waals surface area contributed by atoms with Crippen LogP contribution < -0.4 is 5.32 Å². The lowest BCUT2D eigenvalue weighted by atomic mass is 9.96. The van der Waals surface area contributed by atoms with Gasteiger partial charge >= 0.3 is 0 Å². The van der Waals surface area contributed by atoms with E-state index < -0.39 is 0 Å². The molecule has 1 amide bonds. The second-order valence-corrected chi connectivity index (χ2v) is 6.10. The van der Waals surface area contributed by atoms with E-state index >= 15 is 0 Å². The van der Waals surface area contributed by atoms with Crippen LogP contribution in [0.25, 0.3) is 0 Å². The minimum atomic E-state index is 0. The summed E-state index contributed by atoms with van der Waals surface area (Å²) in [5.41, 5.74) is 2.22. The van der Waals surface area contributed by atoms with Gasteiger partial charge < -0.3 is 10.1 Å². The van der Waals surface area contributed by atoms with Gasteiger partial charge in [-0.1, -0.05) is 26.0 Å². The molecule has 0 aliphatic carbocycles. The largest absolute Gasteiger partial charge is 0.381 e. The number of hydrogen-bond donors (Lipinski definition) is 1. The lowest BCUT2D eigenvalue weighted by Gasteiger charge is -2.21. The molecule has 3 heteroatoms. The van der Waals surface area contributed by atoms with Gasteiger partial charge in [0.2, 0.25) is 5.91 Å². The highest BCUT2D eigenvalue weighted by Crippen LogP contribution is 2.19. The highest BCUT2D eigenvalue weighted by molar-refractivity contribution is 5.90. The Labute approximate surface area is 123 Å². The molecule has 1 N–H and O–H groups in total. The Balaban J connectivity index is 0.00000220. The van der Waals surface area contributed by atoms with Crippen molar-refractivity contribution in [2.24, 2.45) is 11.8 Å². The first-order chi connectivity index (χ1) is 9.63. The average Bonchev–Trinajstić information content (AvgIpc) is 2.41. The second kappa shape index (κ2) is 7.44. The molecule has 1 aromatic rings. The summed E-state index contributed by atoms with van der Waals surface area (Å²) in [4.78, 5) is 12.0. The smallest absolute Gasteiger partial charge is 0.224 e. The standard InChI is InChI=1S/C17H25NO2.H2/c1-13(2)11-14-3-5-16(6-4-14)18-17(19)12-15-7-9-20-10-8-15;/h3-6,13,15H,7-12H2,1-2H3,(H,18,19);1H. The monoisotopic (exact) mass is 277 g/mol. The molecular formula is C17H27NO2. The van der Waals surface area contributed by atoms with Crippen LogP contribution in [-0.4, -0.2) is 19.1 Å². The molecule has 0 bridgehead atoms. The Morgan fingerprint density at radius 1 is 1.30 bits per heavy atom. The molecule has 1 saturated heterocycles. The Hall–Kier alpha value is -1.35. The summed E-state index contributed by atoms with van der Waals surface area (Å²) < 4.78 is 5.31. The fraction of sp³-hybridized carbons (Fsp3) is 0.588. The lowest BCUT2D eigenvalue weighted by Crippen LogP contribution is -2.22. The number of carbonyl (C=O) groups is 1. The van der Waals surface area contributed by atoms with Gasteiger partial charge in [-0.15, -0.1) is 0 Å². The minimum Gasteiger partial charge on any atom is -0.381 e. The van der Waals surface area contributed by atoms with E-state index in [-0.39, 0.29) is 7.33 Å². The van der Waals surface area contributed by atoms with E-state index in [9.17, 15) is 4.79 Å². The van der Waals surface area contributed by atoms with Gasteiger partial charge in [-0.3, -0.25) is 4.79 Å². The zero-order valence-corrected chi connectivity index (χ0v) is 12.5. The summed E-state index contributed by atoms with van der Waals surface area (Å²) in [5, 5.41) is 2.99. The first-order valence-electron chi connectivity index (χ1n) is 7.60. The number of benzene rings is 1. The third-order valence-corrected chi connectivity index (χ3v) is 3.70. The van der Waals surface area contributed by atoms with Crippen molar-refractivity contribution in [2.75, 3.05) is 18.5 Å². The van der Waals surface area contributed by atoms with E-state index in [0.717, 1.165) is 38.2 Å². The van der Waals surface area contributed by atoms with Gasteiger partial charge in [0.25, 0.3) is 0 Å². The zero-order chi connectivity index (χ0) is 14.4. The molecule has 1 heterocycles. The van der Waals surface area contributed by atoms with Crippen LogP contribution in [0.2, 0.25) is 0 Å². The van der Waals surface area contributed by atoms with Crippen LogP contribution in [0.4, 0.5) is 5.69 Å². The summed E-state index contributed by atoms with van der Waals surface area (Å²) >= 11 is 0. The number of amides is 1. The predicted octanol–water partition coefficient (Wildman–Crippen LogP) is 3.89. The summed E-state index contributed by atoms with van der Waals surface area (Å²) in [7, 11) is 0. The van der Waals surface area contributed by atoms with Crippen molar-refractivity contribution in [3.8, 4) is 0 Å². The number of anilines is 1. The number of hydrogen-bond acceptors (Lipinski definition) is 2. The van der Waals surface area contributed by atoms with Gasteiger partial charge in [0.05, 0.1) is 0 Å². The summed E-state index contributed by atoms with van der Waals surface area (Å²) in [6.07, 6.45) is 3.69. The molecule has 20 heavy (non-hydrogen) atoms. The van der Waals surface area contributed by atoms with Gasteiger partial charge in [0.1, 0.15) is 0 Å². The molecule has 0 aromatic heterocycles. The topological polar surface area (TPSA) is 38.3 Å². The minimum absolute atomic E-state index is 0. The van der Waals surface area contributed by atoms with Gasteiger partial charge in [-0.05, 0) is 48.8 Å². The van der Waals surface area contributed by atoms with Gasteiger partial charge in [0, 0.05) is 26.7 Å². The van der Waals surface area contributed by atoms with E-state index in [1.165, 1.54) is 5.56 Å². The van der Waals surface area contributed by atoms with Gasteiger partial charge in [0.15, 0.2) is 0 Å². The second-order valence-electron chi connectivity index (χ2n) is 6.10. The van der Waals surface area contributed by atoms with Crippen molar-refractivity contribution in [1.82, 2.24) is 0 Å². The Bertz CT molecular complexity index is 425. The van der Waals surface area contributed by atoms with Crippen LogP contribution in [0.15, 0.2) is 24.3 Å². The van der Waals surface area contributed by atoms with Crippen molar-refractivity contribution < 1.29 is 11.0 Å². The van der Waals surface area contributed by atoms with E-state index in [1.54, 1.807) is 0 Å². The number of ether oxygens (including phenoxy) is 1. The Morgan fingerprint density at radius 3 is 2.55 bits per heavy atom. The number of nitrogens with one attached hydrogen (secondary N) is 1. The molecule has 0 unspecified atom stereocenters. The van der Waals surface area contributed by atoms with Crippen LogP contribution in [-0.2, 0) is 16.0 Å². The predicted molar refractivity (Wildman–Crippen MR) is 83.9 cm³/mol. The summed E-state index contributed by atoms with van der Waals surface area (Å²) in [5.74, 6) is 1.25. The maximum Gasteiger partial charge on any atom is 0.224 e. The zero-order valence-electron chi connectivity index (χ0n) is 12.5. The van der Waals surface area contributed by atoms with Crippen LogP contribution in [0.1, 0.15) is 40.1 Å². The highest BCUT2D eigenvalue weighted by Gasteiger charge is 2.17. The SMILES string of the molecule is CC(C)Cc1ccc(NC(=O)CC2CCOCC2)cc1.[HH]. The first kappa shape index (κ1) is 15.0. The molecule has 1 fully saturated rings. The van der Waals surface area contributed by atoms with E-state index in [0.29, 0.717) is 18.3 Å². The highest BCUT2D eigenvalue weighted by atomic mass is 16.5. The lowest BCUT2D eigenvalue weighted by molar-refractivity contribution is -0.117. The molecule has 0 atom stereocenters. The van der Waals surface area contributed by atoms with E-state index in [4.69, 9.17) is 4.74 Å². The molecular weight excluding hydrogens is 250 g/mol. The quantitative estimate of drug-likeness (QED) is 0.886. The number of rotatable bonds is 5. The summed E-state index contributed by atoms with van der Waals surface area (Å²) in [6.45, 7) is 6.01. The van der Waals surface area contributed by atoms with Crippen LogP contribution in [0.3, 0.4) is 0 Å². The Morgan fingerprint density at radius 2 is 1.95 bits per heavy atom. The molecule has 112 valence electrons. The normalized spacial score (nSPS) is 16.4. The molecule has 1 aliphatic heterocycles. The van der Waals surface area contributed by atoms with Crippen LogP contribution in [0.5, 0.6) is 0 Å². The third-order valence-electron chi connectivity index (χ3n) is 3.70. The van der Waals surface area contributed by atoms with E-state index in [2.05, 4.69) is 31.3 Å². The van der Waals surface area contributed by atoms with E-state index in [1.807, 2.05) is 12.1 Å². The third kappa shape index (κ3) is 4.97. The number of carbonyl (C=O) groups excluding carboxylic acids is 1. The van der Waals surface area contributed by atoms with Crippen LogP contribution in [0, 0.1) is 11.8 Å². The molecule has 2 rings (SSSR count). The molecule has 3 nitrogen and oxygen atoms in total. The fourth-order valence-electron chi connectivity index (χ4n) is 2.62. The average molecular weight is 277 g/mol. The molecule has 0 saturated carbocycles.